The van der Waals surface area contributed by atoms with Gasteiger partial charge < -0.3 is 14.8 Å². The SMILES string of the molecule is O=C(Nc1cnoc1)c1cc[nH]c(=O)c1. The number of H-pyrrole nitrogens is 1. The molecule has 0 aliphatic carbocycles. The van der Waals surface area contributed by atoms with Crippen molar-refractivity contribution in [1.29, 1.82) is 0 Å². The average molecular weight is 205 g/mol. The van der Waals surface area contributed by atoms with E-state index in [1.807, 2.05) is 0 Å². The molecule has 15 heavy (non-hydrogen) atoms. The van der Waals surface area contributed by atoms with Gasteiger partial charge in [-0.3, -0.25) is 9.59 Å². The Morgan fingerprint density at radius 1 is 1.53 bits per heavy atom. The first-order valence-corrected chi connectivity index (χ1v) is 4.15. The highest BCUT2D eigenvalue weighted by atomic mass is 16.5. The molecule has 0 bridgehead atoms. The molecule has 0 aliphatic rings. The van der Waals surface area contributed by atoms with Crippen LogP contribution in [-0.4, -0.2) is 16.0 Å². The maximum atomic E-state index is 11.5. The van der Waals surface area contributed by atoms with Gasteiger partial charge in [0.1, 0.15) is 12.0 Å². The van der Waals surface area contributed by atoms with Crippen molar-refractivity contribution in [3.05, 3.63) is 46.7 Å². The first-order valence-electron chi connectivity index (χ1n) is 4.15. The molecule has 6 nitrogen and oxygen atoms in total. The van der Waals surface area contributed by atoms with Crippen molar-refractivity contribution in [1.82, 2.24) is 10.1 Å². The van der Waals surface area contributed by atoms with Gasteiger partial charge in [0.05, 0.1) is 6.20 Å². The zero-order valence-electron chi connectivity index (χ0n) is 7.56. The van der Waals surface area contributed by atoms with Crippen LogP contribution in [0.25, 0.3) is 0 Å². The molecule has 2 rings (SSSR count). The van der Waals surface area contributed by atoms with Crippen molar-refractivity contribution in [3.8, 4) is 0 Å². The Morgan fingerprint density at radius 2 is 2.40 bits per heavy atom. The van der Waals surface area contributed by atoms with E-state index < -0.39 is 0 Å². The number of nitrogens with zero attached hydrogens (tertiary/aromatic N) is 1. The number of pyridine rings is 1. The summed E-state index contributed by atoms with van der Waals surface area (Å²) in [6, 6.07) is 2.72. The molecule has 0 saturated carbocycles. The van der Waals surface area contributed by atoms with E-state index in [0.29, 0.717) is 5.69 Å². The van der Waals surface area contributed by atoms with Crippen molar-refractivity contribution < 1.29 is 9.32 Å². The molecule has 1 amide bonds. The molecule has 0 aromatic carbocycles. The van der Waals surface area contributed by atoms with Crippen LogP contribution in [0.15, 0.2) is 40.1 Å². The number of amides is 1. The van der Waals surface area contributed by atoms with Crippen molar-refractivity contribution in [2.75, 3.05) is 5.32 Å². The second-order valence-electron chi connectivity index (χ2n) is 2.81. The smallest absolute Gasteiger partial charge is 0.256 e. The van der Waals surface area contributed by atoms with Gasteiger partial charge in [-0.25, -0.2) is 0 Å². The molecule has 0 saturated heterocycles. The standard InChI is InChI=1S/C9H7N3O3/c13-8-3-6(1-2-10-8)9(14)12-7-4-11-15-5-7/h1-5H,(H,10,13)(H,12,14). The Balaban J connectivity index is 2.18. The molecule has 0 unspecified atom stereocenters. The van der Waals surface area contributed by atoms with Crippen molar-refractivity contribution in [2.45, 2.75) is 0 Å². The van der Waals surface area contributed by atoms with Crippen LogP contribution in [0, 0.1) is 0 Å². The first kappa shape index (κ1) is 9.20. The van der Waals surface area contributed by atoms with Crippen LogP contribution in [0.2, 0.25) is 0 Å². The Kier molecular flexibility index (Phi) is 2.32. The molecule has 0 radical (unpaired) electrons. The number of aromatic nitrogens is 2. The molecule has 0 fully saturated rings. The van der Waals surface area contributed by atoms with Crippen LogP contribution in [0.3, 0.4) is 0 Å². The van der Waals surface area contributed by atoms with E-state index in [9.17, 15) is 9.59 Å². The fraction of sp³-hybridized carbons (Fsp3) is 0. The van der Waals surface area contributed by atoms with E-state index in [2.05, 4.69) is 20.0 Å². The van der Waals surface area contributed by atoms with E-state index in [4.69, 9.17) is 0 Å². The maximum Gasteiger partial charge on any atom is 0.256 e. The summed E-state index contributed by atoms with van der Waals surface area (Å²) in [5, 5.41) is 5.95. The molecule has 76 valence electrons. The zero-order valence-corrected chi connectivity index (χ0v) is 7.56. The van der Waals surface area contributed by atoms with Gasteiger partial charge in [0.2, 0.25) is 5.56 Å². The van der Waals surface area contributed by atoms with Crippen LogP contribution in [-0.2, 0) is 0 Å². The minimum atomic E-state index is -0.385. The minimum Gasteiger partial charge on any atom is -0.363 e. The van der Waals surface area contributed by atoms with Gasteiger partial charge in [-0.15, -0.1) is 0 Å². The largest absolute Gasteiger partial charge is 0.363 e. The van der Waals surface area contributed by atoms with E-state index in [1.54, 1.807) is 0 Å². The number of carbonyl (C=O) groups excluding carboxylic acids is 1. The monoisotopic (exact) mass is 205 g/mol. The Labute approximate surface area is 83.9 Å². The normalized spacial score (nSPS) is 9.87. The number of anilines is 1. The quantitative estimate of drug-likeness (QED) is 0.752. The molecule has 0 atom stereocenters. The van der Waals surface area contributed by atoms with Crippen LogP contribution in [0.4, 0.5) is 5.69 Å². The van der Waals surface area contributed by atoms with E-state index in [-0.39, 0.29) is 17.0 Å². The first-order chi connectivity index (χ1) is 7.25. The predicted octanol–water partition coefficient (Wildman–Crippen LogP) is 0.615. The lowest BCUT2D eigenvalue weighted by molar-refractivity contribution is 0.102. The summed E-state index contributed by atoms with van der Waals surface area (Å²) in [5.74, 6) is -0.385. The third-order valence-electron chi connectivity index (χ3n) is 1.73. The second-order valence-corrected chi connectivity index (χ2v) is 2.81. The fourth-order valence-corrected chi connectivity index (χ4v) is 1.06. The lowest BCUT2D eigenvalue weighted by Gasteiger charge is -1.99. The number of nitrogens with one attached hydrogen (secondary N) is 2. The summed E-state index contributed by atoms with van der Waals surface area (Å²) >= 11 is 0. The fourth-order valence-electron chi connectivity index (χ4n) is 1.06. The number of hydrogen-bond acceptors (Lipinski definition) is 4. The molecule has 2 aromatic heterocycles. The van der Waals surface area contributed by atoms with Gasteiger partial charge in [-0.05, 0) is 6.07 Å². The summed E-state index contributed by atoms with van der Waals surface area (Å²) < 4.78 is 4.54. The molecular formula is C9H7N3O3. The van der Waals surface area contributed by atoms with Crippen LogP contribution in [0.1, 0.15) is 10.4 Å². The molecular weight excluding hydrogens is 198 g/mol. The Bertz CT molecular complexity index is 515. The molecule has 0 aliphatic heterocycles. The average Bonchev–Trinajstić information content (AvgIpc) is 2.70. The van der Waals surface area contributed by atoms with Crippen molar-refractivity contribution >= 4 is 11.6 Å². The van der Waals surface area contributed by atoms with Gasteiger partial charge >= 0.3 is 0 Å². The molecule has 6 heteroatoms. The van der Waals surface area contributed by atoms with Crippen LogP contribution >= 0.6 is 0 Å². The third-order valence-corrected chi connectivity index (χ3v) is 1.73. The summed E-state index contributed by atoms with van der Waals surface area (Å²) in [7, 11) is 0. The van der Waals surface area contributed by atoms with Crippen molar-refractivity contribution in [3.63, 3.8) is 0 Å². The number of hydrogen-bond donors (Lipinski definition) is 2. The number of aromatic amines is 1. The lowest BCUT2D eigenvalue weighted by Crippen LogP contribution is -2.15. The highest BCUT2D eigenvalue weighted by Crippen LogP contribution is 2.05. The summed E-state index contributed by atoms with van der Waals surface area (Å²) in [6.07, 6.45) is 4.07. The lowest BCUT2D eigenvalue weighted by atomic mass is 10.2. The van der Waals surface area contributed by atoms with Gasteiger partial charge in [0, 0.05) is 17.8 Å². The second kappa shape index (κ2) is 3.79. The highest BCUT2D eigenvalue weighted by molar-refractivity contribution is 6.03. The Hall–Kier alpha value is -2.37. The zero-order chi connectivity index (χ0) is 10.7. The molecule has 0 spiro atoms. The summed E-state index contributed by atoms with van der Waals surface area (Å²) in [4.78, 5) is 24.9. The van der Waals surface area contributed by atoms with Crippen LogP contribution in [0.5, 0.6) is 0 Å². The summed E-state index contributed by atoms with van der Waals surface area (Å²) in [6.45, 7) is 0. The number of carbonyl (C=O) groups is 1. The molecule has 2 aromatic rings. The topological polar surface area (TPSA) is 88.0 Å². The van der Waals surface area contributed by atoms with Gasteiger partial charge in [-0.2, -0.15) is 0 Å². The van der Waals surface area contributed by atoms with Gasteiger partial charge in [0.25, 0.3) is 5.91 Å². The molecule has 2 N–H and O–H groups in total. The van der Waals surface area contributed by atoms with E-state index in [1.165, 1.54) is 30.8 Å². The minimum absolute atomic E-state index is 0.278. The summed E-state index contributed by atoms with van der Waals surface area (Å²) in [5.41, 5.74) is 0.396. The molecule has 2 heterocycles. The maximum absolute atomic E-state index is 11.5. The third kappa shape index (κ3) is 2.11. The van der Waals surface area contributed by atoms with Crippen molar-refractivity contribution in [2.24, 2.45) is 0 Å². The van der Waals surface area contributed by atoms with E-state index in [0.717, 1.165) is 0 Å². The van der Waals surface area contributed by atoms with Crippen LogP contribution < -0.4 is 10.9 Å². The van der Waals surface area contributed by atoms with Gasteiger partial charge in [-0.1, -0.05) is 5.16 Å². The Morgan fingerprint density at radius 3 is 3.07 bits per heavy atom. The van der Waals surface area contributed by atoms with Gasteiger partial charge in [0.15, 0.2) is 0 Å². The van der Waals surface area contributed by atoms with E-state index >= 15 is 0 Å². The highest BCUT2D eigenvalue weighted by Gasteiger charge is 2.06. The number of rotatable bonds is 2. The predicted molar refractivity (Wildman–Crippen MR) is 51.5 cm³/mol.